The number of aliphatic hydroxyl groups excluding tert-OH is 1. The molecule has 0 bridgehead atoms. The second-order valence-electron chi connectivity index (χ2n) is 6.75. The number of methoxy groups -OCH3 is 2. The summed E-state index contributed by atoms with van der Waals surface area (Å²) < 4.78 is 10.4. The highest BCUT2D eigenvalue weighted by Gasteiger charge is 2.31. The van der Waals surface area contributed by atoms with Gasteiger partial charge in [-0.05, 0) is 36.2 Å². The zero-order chi connectivity index (χ0) is 20.9. The first-order valence-corrected chi connectivity index (χ1v) is 9.41. The van der Waals surface area contributed by atoms with Gasteiger partial charge < -0.3 is 20.0 Å². The number of ketones is 1. The van der Waals surface area contributed by atoms with Gasteiger partial charge in [0.25, 0.3) is 0 Å². The van der Waals surface area contributed by atoms with Crippen LogP contribution in [0.25, 0.3) is 0 Å². The molecule has 2 N–H and O–H groups in total. The van der Waals surface area contributed by atoms with Crippen molar-refractivity contribution in [3.8, 4) is 11.5 Å². The van der Waals surface area contributed by atoms with Gasteiger partial charge in [0.1, 0.15) is 11.5 Å². The van der Waals surface area contributed by atoms with E-state index in [0.717, 1.165) is 5.56 Å². The fraction of sp³-hybridized carbons (Fsp3) is 0.333. The van der Waals surface area contributed by atoms with Crippen LogP contribution in [0, 0.1) is 5.41 Å². The molecule has 2 aromatic rings. The smallest absolute Gasteiger partial charge is 0.206 e. The molecule has 1 unspecified atom stereocenters. The zero-order valence-electron chi connectivity index (χ0n) is 16.0. The summed E-state index contributed by atoms with van der Waals surface area (Å²) in [5, 5.41) is 18.7. The first-order chi connectivity index (χ1) is 13.2. The van der Waals surface area contributed by atoms with E-state index < -0.39 is 11.2 Å². The number of hydrogen-bond acceptors (Lipinski definition) is 5. The molecular weight excluding hydrogens is 401 g/mol. The van der Waals surface area contributed by atoms with Crippen LogP contribution in [0.3, 0.4) is 0 Å². The molecule has 0 radical (unpaired) electrons. The standard InChI is InChI=1S/C21H23Cl2NO4/c1-21(6-7-25,14-4-5-17(22)18(23)10-14)12-19(24)20(26)13-8-15(27-2)11-16(9-13)28-3/h4-5,8-11,24-25H,6-7,12H2,1-3H3. The van der Waals surface area contributed by atoms with Gasteiger partial charge in [0.15, 0.2) is 0 Å². The summed E-state index contributed by atoms with van der Waals surface area (Å²) >= 11 is 12.1. The minimum atomic E-state index is -0.654. The van der Waals surface area contributed by atoms with Gasteiger partial charge in [-0.15, -0.1) is 0 Å². The Balaban J connectivity index is 2.33. The Bertz CT molecular complexity index is 862. The molecule has 0 amide bonds. The quantitative estimate of drug-likeness (QED) is 0.441. The highest BCUT2D eigenvalue weighted by molar-refractivity contribution is 6.45. The Morgan fingerprint density at radius 1 is 1.07 bits per heavy atom. The molecule has 28 heavy (non-hydrogen) atoms. The van der Waals surface area contributed by atoms with Crippen LogP contribution in [0.5, 0.6) is 11.5 Å². The molecule has 0 saturated heterocycles. The topological polar surface area (TPSA) is 79.6 Å². The second kappa shape index (κ2) is 9.41. The molecule has 5 nitrogen and oxygen atoms in total. The van der Waals surface area contributed by atoms with Crippen molar-refractivity contribution in [3.63, 3.8) is 0 Å². The highest BCUT2D eigenvalue weighted by Crippen LogP contribution is 2.36. The van der Waals surface area contributed by atoms with Crippen LogP contribution in [-0.2, 0) is 5.41 Å². The van der Waals surface area contributed by atoms with Crippen molar-refractivity contribution in [1.82, 2.24) is 0 Å². The molecule has 0 aliphatic heterocycles. The van der Waals surface area contributed by atoms with Gasteiger partial charge in [-0.2, -0.15) is 0 Å². The zero-order valence-corrected chi connectivity index (χ0v) is 17.5. The maximum Gasteiger partial charge on any atom is 0.206 e. The number of benzene rings is 2. The van der Waals surface area contributed by atoms with E-state index in [1.807, 2.05) is 6.92 Å². The number of nitrogens with one attached hydrogen (secondary N) is 1. The molecule has 0 fully saturated rings. The Labute approximate surface area is 174 Å². The van der Waals surface area contributed by atoms with Gasteiger partial charge in [-0.1, -0.05) is 36.2 Å². The lowest BCUT2D eigenvalue weighted by Gasteiger charge is -2.30. The van der Waals surface area contributed by atoms with E-state index >= 15 is 0 Å². The number of Topliss-reactive ketones (excluding diaryl/α,β-unsaturated/α-hetero) is 1. The number of rotatable bonds is 9. The van der Waals surface area contributed by atoms with Crippen LogP contribution in [0.1, 0.15) is 35.7 Å². The number of carbonyl (C=O) groups excluding carboxylic acids is 1. The predicted octanol–water partition coefficient (Wildman–Crippen LogP) is 4.94. The first kappa shape index (κ1) is 22.2. The van der Waals surface area contributed by atoms with E-state index in [0.29, 0.717) is 33.5 Å². The van der Waals surface area contributed by atoms with Crippen molar-refractivity contribution in [2.45, 2.75) is 25.2 Å². The normalized spacial score (nSPS) is 12.9. The molecule has 2 aromatic carbocycles. The van der Waals surface area contributed by atoms with Crippen molar-refractivity contribution in [2.75, 3.05) is 20.8 Å². The minimum absolute atomic E-state index is 0.0858. The molecule has 150 valence electrons. The van der Waals surface area contributed by atoms with E-state index in [1.54, 1.807) is 36.4 Å². The molecule has 2 rings (SSSR count). The van der Waals surface area contributed by atoms with Crippen LogP contribution in [-0.4, -0.2) is 37.4 Å². The van der Waals surface area contributed by atoms with Crippen LogP contribution >= 0.6 is 23.2 Å². The van der Waals surface area contributed by atoms with Crippen molar-refractivity contribution < 1.29 is 19.4 Å². The maximum absolute atomic E-state index is 12.9. The number of carbonyl (C=O) groups is 1. The Morgan fingerprint density at radius 3 is 2.18 bits per heavy atom. The molecule has 7 heteroatoms. The maximum atomic E-state index is 12.9. The third-order valence-corrected chi connectivity index (χ3v) is 5.47. The SMILES string of the molecule is COc1cc(OC)cc(C(=O)C(=N)CC(C)(CCO)c2ccc(Cl)c(Cl)c2)c1. The number of hydrogen-bond donors (Lipinski definition) is 2. The van der Waals surface area contributed by atoms with E-state index in [-0.39, 0.29) is 18.7 Å². The second-order valence-corrected chi connectivity index (χ2v) is 7.56. The average Bonchev–Trinajstić information content (AvgIpc) is 2.68. The van der Waals surface area contributed by atoms with Gasteiger partial charge in [-0.25, -0.2) is 0 Å². The van der Waals surface area contributed by atoms with E-state index in [9.17, 15) is 9.90 Å². The summed E-state index contributed by atoms with van der Waals surface area (Å²) in [6, 6.07) is 9.99. The molecule has 0 aromatic heterocycles. The van der Waals surface area contributed by atoms with Gasteiger partial charge in [0.05, 0.1) is 30.0 Å². The summed E-state index contributed by atoms with van der Waals surface area (Å²) in [5.41, 5.74) is 0.370. The lowest BCUT2D eigenvalue weighted by molar-refractivity contribution is 0.105. The van der Waals surface area contributed by atoms with E-state index in [4.69, 9.17) is 38.1 Å². The van der Waals surface area contributed by atoms with Gasteiger partial charge >= 0.3 is 0 Å². The molecular formula is C21H23Cl2NO4. The number of halogens is 2. The van der Waals surface area contributed by atoms with Crippen LogP contribution in [0.4, 0.5) is 0 Å². The predicted molar refractivity (Wildman–Crippen MR) is 112 cm³/mol. The molecule has 0 saturated carbocycles. The molecule has 1 atom stereocenters. The van der Waals surface area contributed by atoms with E-state index in [1.165, 1.54) is 14.2 Å². The largest absolute Gasteiger partial charge is 0.497 e. The fourth-order valence-electron chi connectivity index (χ4n) is 3.04. The third-order valence-electron chi connectivity index (χ3n) is 4.73. The Kier molecular flexibility index (Phi) is 7.47. The molecule has 0 aliphatic rings. The molecule has 0 spiro atoms. The lowest BCUT2D eigenvalue weighted by Crippen LogP contribution is -2.30. The number of ether oxygens (including phenoxy) is 2. The summed E-state index contributed by atoms with van der Waals surface area (Å²) in [6.45, 7) is 1.79. The Hall–Kier alpha value is -2.08. The fourth-order valence-corrected chi connectivity index (χ4v) is 3.33. The lowest BCUT2D eigenvalue weighted by atomic mass is 9.74. The van der Waals surface area contributed by atoms with E-state index in [2.05, 4.69) is 0 Å². The monoisotopic (exact) mass is 423 g/mol. The average molecular weight is 424 g/mol. The summed E-state index contributed by atoms with van der Waals surface area (Å²) in [4.78, 5) is 12.9. The summed E-state index contributed by atoms with van der Waals surface area (Å²) in [6.07, 6.45) is 0.492. The van der Waals surface area contributed by atoms with Crippen molar-refractivity contribution in [1.29, 1.82) is 5.41 Å². The number of aliphatic hydroxyl groups is 1. The van der Waals surface area contributed by atoms with Crippen molar-refractivity contribution in [2.24, 2.45) is 0 Å². The third kappa shape index (κ3) is 5.04. The Morgan fingerprint density at radius 2 is 1.68 bits per heavy atom. The summed E-state index contributed by atoms with van der Waals surface area (Å²) in [5.74, 6) is 0.512. The van der Waals surface area contributed by atoms with Crippen LogP contribution < -0.4 is 9.47 Å². The van der Waals surface area contributed by atoms with Gasteiger partial charge in [0.2, 0.25) is 5.78 Å². The van der Waals surface area contributed by atoms with Crippen LogP contribution in [0.2, 0.25) is 10.0 Å². The molecule has 0 heterocycles. The van der Waals surface area contributed by atoms with Crippen molar-refractivity contribution in [3.05, 3.63) is 57.6 Å². The van der Waals surface area contributed by atoms with Gasteiger partial charge in [0, 0.05) is 30.1 Å². The molecule has 0 aliphatic carbocycles. The van der Waals surface area contributed by atoms with Crippen molar-refractivity contribution >= 4 is 34.7 Å². The highest BCUT2D eigenvalue weighted by atomic mass is 35.5. The first-order valence-electron chi connectivity index (χ1n) is 8.65. The van der Waals surface area contributed by atoms with Crippen LogP contribution in [0.15, 0.2) is 36.4 Å². The van der Waals surface area contributed by atoms with Gasteiger partial charge in [-0.3, -0.25) is 4.79 Å². The summed E-state index contributed by atoms with van der Waals surface area (Å²) in [7, 11) is 2.99. The minimum Gasteiger partial charge on any atom is -0.497 e.